The van der Waals surface area contributed by atoms with Crippen molar-refractivity contribution in [2.24, 2.45) is 0 Å². The molecule has 1 rings (SSSR count). The summed E-state index contributed by atoms with van der Waals surface area (Å²) in [7, 11) is -2.98. The molecule has 1 aromatic carbocycles. The molecule has 1 aromatic rings. The monoisotopic (exact) mass is 273 g/mol. The molecule has 0 aliphatic heterocycles. The minimum atomic E-state index is -4.36. The molecule has 0 atom stereocenters. The molecule has 0 spiro atoms. The summed E-state index contributed by atoms with van der Waals surface area (Å²) in [6.07, 6.45) is 0. The highest BCUT2D eigenvalue weighted by molar-refractivity contribution is 8.05. The van der Waals surface area contributed by atoms with Crippen molar-refractivity contribution in [3.63, 3.8) is 0 Å². The standard InChI is InChI=1S/C10H11NO6S/c1-17-8-4-2-3-7(5-8)10(14)18(15,16)11-6-9(12)13/h2-5,11H,6H2,1H3,(H,12,13). The van der Waals surface area contributed by atoms with Crippen molar-refractivity contribution in [3.8, 4) is 5.75 Å². The van der Waals surface area contributed by atoms with Crippen LogP contribution in [0, 0.1) is 0 Å². The van der Waals surface area contributed by atoms with E-state index in [0.29, 0.717) is 5.75 Å². The number of ether oxygens (including phenoxy) is 1. The van der Waals surface area contributed by atoms with Crippen LogP contribution in [0.4, 0.5) is 0 Å². The van der Waals surface area contributed by atoms with Gasteiger partial charge in [0.25, 0.3) is 15.1 Å². The van der Waals surface area contributed by atoms with Crippen molar-refractivity contribution in [3.05, 3.63) is 29.8 Å². The summed E-state index contributed by atoms with van der Waals surface area (Å²) < 4.78 is 29.5. The van der Waals surface area contributed by atoms with E-state index in [1.165, 1.54) is 25.3 Å². The molecule has 0 saturated heterocycles. The number of carbonyl (C=O) groups excluding carboxylic acids is 1. The number of carboxylic acid groups (broad SMARTS) is 1. The van der Waals surface area contributed by atoms with Gasteiger partial charge < -0.3 is 9.84 Å². The van der Waals surface area contributed by atoms with Gasteiger partial charge >= 0.3 is 5.97 Å². The van der Waals surface area contributed by atoms with Gasteiger partial charge in [-0.1, -0.05) is 6.07 Å². The number of hydrogen-bond donors (Lipinski definition) is 2. The fraction of sp³-hybridized carbons (Fsp3) is 0.200. The van der Waals surface area contributed by atoms with Crippen molar-refractivity contribution in [1.82, 2.24) is 4.72 Å². The number of sulfonamides is 1. The Hall–Kier alpha value is -1.93. The lowest BCUT2D eigenvalue weighted by Gasteiger charge is -2.05. The number of carbonyl (C=O) groups is 2. The Kier molecular flexibility index (Phi) is 4.40. The van der Waals surface area contributed by atoms with E-state index in [2.05, 4.69) is 0 Å². The number of methoxy groups -OCH3 is 1. The third-order valence-electron chi connectivity index (χ3n) is 1.96. The molecule has 7 nitrogen and oxygen atoms in total. The van der Waals surface area contributed by atoms with Crippen LogP contribution in [0.2, 0.25) is 0 Å². The zero-order valence-corrected chi connectivity index (χ0v) is 10.2. The van der Waals surface area contributed by atoms with Crippen molar-refractivity contribution in [2.75, 3.05) is 13.7 Å². The second kappa shape index (κ2) is 5.61. The summed E-state index contributed by atoms with van der Waals surface area (Å²) in [5, 5.41) is 7.15. The van der Waals surface area contributed by atoms with Crippen LogP contribution in [0.5, 0.6) is 5.75 Å². The van der Waals surface area contributed by atoms with Crippen LogP contribution in [0.15, 0.2) is 24.3 Å². The molecule has 0 amide bonds. The first-order valence-electron chi connectivity index (χ1n) is 4.76. The summed E-state index contributed by atoms with van der Waals surface area (Å²) in [6, 6.07) is 5.56. The maximum absolute atomic E-state index is 11.6. The molecule has 2 N–H and O–H groups in total. The second-order valence-corrected chi connectivity index (χ2v) is 4.90. The molecule has 0 radical (unpaired) electrons. The molecule has 0 saturated carbocycles. The predicted molar refractivity (Wildman–Crippen MR) is 61.9 cm³/mol. The predicted octanol–water partition coefficient (Wildman–Crippen LogP) is -0.161. The third kappa shape index (κ3) is 3.54. The van der Waals surface area contributed by atoms with Gasteiger partial charge in [-0.2, -0.15) is 4.72 Å². The molecular formula is C10H11NO6S. The number of aliphatic carboxylic acids is 1. The van der Waals surface area contributed by atoms with Crippen LogP contribution < -0.4 is 9.46 Å². The van der Waals surface area contributed by atoms with E-state index in [1.54, 1.807) is 10.8 Å². The second-order valence-electron chi connectivity index (χ2n) is 3.24. The van der Waals surface area contributed by atoms with Crippen LogP contribution in [-0.4, -0.2) is 38.3 Å². The lowest BCUT2D eigenvalue weighted by molar-refractivity contribution is -0.135. The molecular weight excluding hydrogens is 262 g/mol. The Labute approximate surface area is 103 Å². The van der Waals surface area contributed by atoms with Crippen LogP contribution in [0.3, 0.4) is 0 Å². The molecule has 0 aliphatic carbocycles. The van der Waals surface area contributed by atoms with E-state index >= 15 is 0 Å². The average molecular weight is 273 g/mol. The Balaban J connectivity index is 2.95. The summed E-state index contributed by atoms with van der Waals surface area (Å²) in [4.78, 5) is 21.9. The average Bonchev–Trinajstić information content (AvgIpc) is 2.35. The van der Waals surface area contributed by atoms with E-state index in [9.17, 15) is 18.0 Å². The Morgan fingerprint density at radius 3 is 2.61 bits per heavy atom. The Morgan fingerprint density at radius 1 is 1.39 bits per heavy atom. The minimum Gasteiger partial charge on any atom is -0.497 e. The molecule has 0 aromatic heterocycles. The first-order valence-corrected chi connectivity index (χ1v) is 6.25. The van der Waals surface area contributed by atoms with E-state index in [4.69, 9.17) is 9.84 Å². The molecule has 8 heteroatoms. The molecule has 98 valence electrons. The summed E-state index contributed by atoms with van der Waals surface area (Å²) in [5.74, 6) is -1.05. The number of benzene rings is 1. The SMILES string of the molecule is COc1cccc(C(=O)S(=O)(=O)NCC(=O)O)c1. The Bertz CT molecular complexity index is 565. The van der Waals surface area contributed by atoms with Gasteiger partial charge in [0, 0.05) is 5.56 Å². The van der Waals surface area contributed by atoms with Crippen molar-refractivity contribution >= 4 is 21.1 Å². The molecule has 0 bridgehead atoms. The summed E-state index contributed by atoms with van der Waals surface area (Å²) in [6.45, 7) is -0.849. The first kappa shape index (κ1) is 14.1. The van der Waals surface area contributed by atoms with Gasteiger partial charge in [-0.25, -0.2) is 8.42 Å². The van der Waals surface area contributed by atoms with Crippen LogP contribution >= 0.6 is 0 Å². The van der Waals surface area contributed by atoms with Crippen LogP contribution in [0.1, 0.15) is 10.4 Å². The number of hydrogen-bond acceptors (Lipinski definition) is 5. The Morgan fingerprint density at radius 2 is 2.06 bits per heavy atom. The molecule has 0 heterocycles. The highest BCUT2D eigenvalue weighted by atomic mass is 32.2. The van der Waals surface area contributed by atoms with Crippen molar-refractivity contribution in [1.29, 1.82) is 0 Å². The highest BCUT2D eigenvalue weighted by Crippen LogP contribution is 2.14. The van der Waals surface area contributed by atoms with Gasteiger partial charge in [-0.15, -0.1) is 0 Å². The van der Waals surface area contributed by atoms with Gasteiger partial charge in [0.1, 0.15) is 12.3 Å². The lowest BCUT2D eigenvalue weighted by Crippen LogP contribution is -2.34. The minimum absolute atomic E-state index is 0.104. The topological polar surface area (TPSA) is 110 Å². The quantitative estimate of drug-likeness (QED) is 0.771. The van der Waals surface area contributed by atoms with E-state index in [-0.39, 0.29) is 5.56 Å². The summed E-state index contributed by atoms with van der Waals surface area (Å²) in [5.41, 5.74) is -0.104. The maximum Gasteiger partial charge on any atom is 0.318 e. The van der Waals surface area contributed by atoms with Crippen LogP contribution in [0.25, 0.3) is 0 Å². The largest absolute Gasteiger partial charge is 0.497 e. The third-order valence-corrected chi connectivity index (χ3v) is 3.21. The number of nitrogens with one attached hydrogen (secondary N) is 1. The highest BCUT2D eigenvalue weighted by Gasteiger charge is 2.24. The lowest BCUT2D eigenvalue weighted by atomic mass is 10.2. The normalized spacial score (nSPS) is 10.9. The van der Waals surface area contributed by atoms with Gasteiger partial charge in [-0.3, -0.25) is 9.59 Å². The zero-order chi connectivity index (χ0) is 13.8. The number of carboxylic acids is 1. The van der Waals surface area contributed by atoms with Gasteiger partial charge in [0.2, 0.25) is 0 Å². The fourth-order valence-corrected chi connectivity index (χ4v) is 2.01. The van der Waals surface area contributed by atoms with Gasteiger partial charge in [0.05, 0.1) is 7.11 Å². The molecule has 18 heavy (non-hydrogen) atoms. The smallest absolute Gasteiger partial charge is 0.318 e. The zero-order valence-electron chi connectivity index (χ0n) is 9.41. The maximum atomic E-state index is 11.6. The fourth-order valence-electron chi connectivity index (χ4n) is 1.13. The van der Waals surface area contributed by atoms with E-state index < -0.39 is 27.7 Å². The molecule has 0 fully saturated rings. The molecule has 0 unspecified atom stereocenters. The molecule has 0 aliphatic rings. The van der Waals surface area contributed by atoms with Gasteiger partial charge in [-0.05, 0) is 18.2 Å². The van der Waals surface area contributed by atoms with E-state index in [1.807, 2.05) is 0 Å². The van der Waals surface area contributed by atoms with Gasteiger partial charge in [0.15, 0.2) is 0 Å². The first-order chi connectivity index (χ1) is 8.36. The number of rotatable bonds is 5. The van der Waals surface area contributed by atoms with E-state index in [0.717, 1.165) is 0 Å². The van der Waals surface area contributed by atoms with Crippen molar-refractivity contribution in [2.45, 2.75) is 0 Å². The summed E-state index contributed by atoms with van der Waals surface area (Å²) >= 11 is 0. The van der Waals surface area contributed by atoms with Crippen LogP contribution in [-0.2, 0) is 14.8 Å². The van der Waals surface area contributed by atoms with Crippen molar-refractivity contribution < 1.29 is 27.9 Å².